The van der Waals surface area contributed by atoms with Gasteiger partial charge in [0.05, 0.1) is 4.61 Å². The Balaban J connectivity index is 2.51. The highest BCUT2D eigenvalue weighted by Gasteiger charge is 2.14. The van der Waals surface area contributed by atoms with E-state index in [1.54, 1.807) is 0 Å². The molecule has 0 aromatic heterocycles. The third kappa shape index (κ3) is 1.27. The van der Waals surface area contributed by atoms with Crippen LogP contribution in [0, 0.1) is 0 Å². The van der Waals surface area contributed by atoms with E-state index in [1.807, 2.05) is 0 Å². The molecule has 9 heavy (non-hydrogen) atoms. The summed E-state index contributed by atoms with van der Waals surface area (Å²) in [7, 11) is 2.05. The maximum atomic E-state index is 3.43. The number of halogens is 1. The van der Waals surface area contributed by atoms with Crippen molar-refractivity contribution in [1.29, 1.82) is 0 Å². The van der Waals surface area contributed by atoms with E-state index in [-0.39, 0.29) is 0 Å². The van der Waals surface area contributed by atoms with E-state index in [0.717, 1.165) is 13.1 Å². The Labute approximate surface area is 64.2 Å². The van der Waals surface area contributed by atoms with Crippen LogP contribution in [0.1, 0.15) is 6.92 Å². The normalized spacial score (nSPS) is 20.8. The van der Waals surface area contributed by atoms with Gasteiger partial charge in [-0.05, 0) is 22.0 Å². The number of hydrogen-bond donors (Lipinski definition) is 0. The Morgan fingerprint density at radius 3 is 2.67 bits per heavy atom. The second-order valence-corrected chi connectivity index (χ2v) is 2.87. The Morgan fingerprint density at radius 2 is 2.44 bits per heavy atom. The van der Waals surface area contributed by atoms with Crippen LogP contribution in [0.15, 0.2) is 10.7 Å². The maximum Gasteiger partial charge on any atom is 0.0920 e. The number of hydrazine groups is 1. The van der Waals surface area contributed by atoms with Gasteiger partial charge in [-0.25, -0.2) is 5.01 Å². The van der Waals surface area contributed by atoms with Crippen LogP contribution in [0.25, 0.3) is 0 Å². The van der Waals surface area contributed by atoms with Crippen LogP contribution in [0.5, 0.6) is 0 Å². The van der Waals surface area contributed by atoms with Gasteiger partial charge in [-0.2, -0.15) is 0 Å². The minimum absolute atomic E-state index is 1.04. The summed E-state index contributed by atoms with van der Waals surface area (Å²) < 4.78 is 1.17. The molecule has 0 radical (unpaired) electrons. The zero-order valence-corrected chi connectivity index (χ0v) is 7.35. The minimum Gasteiger partial charge on any atom is -0.302 e. The van der Waals surface area contributed by atoms with Gasteiger partial charge in [-0.1, -0.05) is 6.92 Å². The standard InChI is InChI=1S/C6H11BrN2/c1-3-9-5-4-6(7)8(9)2/h4H,3,5H2,1-2H3. The van der Waals surface area contributed by atoms with Crippen molar-refractivity contribution < 1.29 is 0 Å². The van der Waals surface area contributed by atoms with Gasteiger partial charge in [-0.15, -0.1) is 0 Å². The molecule has 0 aromatic rings. The summed E-state index contributed by atoms with van der Waals surface area (Å²) in [6.45, 7) is 4.26. The van der Waals surface area contributed by atoms with Gasteiger partial charge in [0.1, 0.15) is 0 Å². The lowest BCUT2D eigenvalue weighted by atomic mass is 10.6. The first-order valence-corrected chi connectivity index (χ1v) is 3.89. The van der Waals surface area contributed by atoms with Gasteiger partial charge in [-0.3, -0.25) is 0 Å². The Morgan fingerprint density at radius 1 is 1.78 bits per heavy atom. The third-order valence-electron chi connectivity index (χ3n) is 1.57. The maximum absolute atomic E-state index is 3.43. The van der Waals surface area contributed by atoms with Crippen molar-refractivity contribution in [3.8, 4) is 0 Å². The predicted molar refractivity (Wildman–Crippen MR) is 42.0 cm³/mol. The first kappa shape index (κ1) is 7.09. The first-order chi connectivity index (χ1) is 4.25. The molecule has 0 unspecified atom stereocenters. The average molecular weight is 191 g/mol. The molecule has 0 spiro atoms. The van der Waals surface area contributed by atoms with Gasteiger partial charge in [0.15, 0.2) is 0 Å². The van der Waals surface area contributed by atoms with Crippen LogP contribution < -0.4 is 0 Å². The zero-order chi connectivity index (χ0) is 6.85. The van der Waals surface area contributed by atoms with E-state index in [0.29, 0.717) is 0 Å². The molecule has 0 aromatic carbocycles. The molecule has 0 N–H and O–H groups in total. The number of hydrogen-bond acceptors (Lipinski definition) is 2. The van der Waals surface area contributed by atoms with Gasteiger partial charge in [0.2, 0.25) is 0 Å². The largest absolute Gasteiger partial charge is 0.302 e. The lowest BCUT2D eigenvalue weighted by Gasteiger charge is -2.24. The molecule has 1 heterocycles. The molecule has 3 heteroatoms. The molecule has 0 atom stereocenters. The monoisotopic (exact) mass is 190 g/mol. The smallest absolute Gasteiger partial charge is 0.0920 e. The Bertz CT molecular complexity index is 133. The molecule has 0 saturated carbocycles. The lowest BCUT2D eigenvalue weighted by molar-refractivity contribution is 0.0846. The Hall–Kier alpha value is -0.0200. The predicted octanol–water partition coefficient (Wildman–Crippen LogP) is 1.41. The second kappa shape index (κ2) is 2.71. The van der Waals surface area contributed by atoms with Crippen molar-refractivity contribution in [3.63, 3.8) is 0 Å². The third-order valence-corrected chi connectivity index (χ3v) is 2.41. The SMILES string of the molecule is CCN1CC=C(Br)N1C. The van der Waals surface area contributed by atoms with Gasteiger partial charge in [0, 0.05) is 20.1 Å². The summed E-state index contributed by atoms with van der Waals surface area (Å²) >= 11 is 3.43. The fourth-order valence-corrected chi connectivity index (χ4v) is 1.28. The van der Waals surface area contributed by atoms with Crippen molar-refractivity contribution in [3.05, 3.63) is 10.7 Å². The Kier molecular flexibility index (Phi) is 2.13. The molecule has 2 nitrogen and oxygen atoms in total. The molecular formula is C6H11BrN2. The first-order valence-electron chi connectivity index (χ1n) is 3.10. The van der Waals surface area contributed by atoms with Crippen LogP contribution >= 0.6 is 15.9 Å². The number of nitrogens with zero attached hydrogens (tertiary/aromatic N) is 2. The highest BCUT2D eigenvalue weighted by molar-refractivity contribution is 9.11. The molecule has 0 amide bonds. The fraction of sp³-hybridized carbons (Fsp3) is 0.667. The number of likely N-dealkylation sites (N-methyl/N-ethyl adjacent to an activating group) is 1. The highest BCUT2D eigenvalue weighted by Crippen LogP contribution is 2.18. The van der Waals surface area contributed by atoms with Gasteiger partial charge < -0.3 is 5.01 Å². The summed E-state index contributed by atoms with van der Waals surface area (Å²) in [4.78, 5) is 0. The van der Waals surface area contributed by atoms with Crippen LogP contribution in [0.4, 0.5) is 0 Å². The van der Waals surface area contributed by atoms with Crippen LogP contribution in [0.2, 0.25) is 0 Å². The van der Waals surface area contributed by atoms with Crippen LogP contribution in [-0.2, 0) is 0 Å². The topological polar surface area (TPSA) is 6.48 Å². The molecular weight excluding hydrogens is 180 g/mol. The molecule has 0 saturated heterocycles. The lowest BCUT2D eigenvalue weighted by Crippen LogP contribution is -2.32. The summed E-state index contributed by atoms with van der Waals surface area (Å²) in [5.74, 6) is 0. The minimum atomic E-state index is 1.04. The molecule has 1 aliphatic heterocycles. The van der Waals surface area contributed by atoms with E-state index in [4.69, 9.17) is 0 Å². The molecule has 0 bridgehead atoms. The van der Waals surface area contributed by atoms with Gasteiger partial charge in [0.25, 0.3) is 0 Å². The van der Waals surface area contributed by atoms with E-state index in [9.17, 15) is 0 Å². The number of rotatable bonds is 1. The van der Waals surface area contributed by atoms with E-state index >= 15 is 0 Å². The van der Waals surface area contributed by atoms with E-state index in [1.165, 1.54) is 4.61 Å². The van der Waals surface area contributed by atoms with Gasteiger partial charge >= 0.3 is 0 Å². The average Bonchev–Trinajstić information content (AvgIpc) is 2.15. The van der Waals surface area contributed by atoms with Crippen molar-refractivity contribution >= 4 is 15.9 Å². The van der Waals surface area contributed by atoms with E-state index < -0.39 is 0 Å². The van der Waals surface area contributed by atoms with Crippen molar-refractivity contribution in [2.45, 2.75) is 6.92 Å². The summed E-state index contributed by atoms with van der Waals surface area (Å²) in [5, 5.41) is 4.35. The van der Waals surface area contributed by atoms with Crippen LogP contribution in [0.3, 0.4) is 0 Å². The highest BCUT2D eigenvalue weighted by atomic mass is 79.9. The summed E-state index contributed by atoms with van der Waals surface area (Å²) in [6, 6.07) is 0. The fourth-order valence-electron chi connectivity index (χ4n) is 0.912. The molecule has 0 aliphatic carbocycles. The van der Waals surface area contributed by atoms with E-state index in [2.05, 4.69) is 46.0 Å². The zero-order valence-electron chi connectivity index (χ0n) is 5.76. The van der Waals surface area contributed by atoms with Crippen molar-refractivity contribution in [1.82, 2.24) is 10.0 Å². The molecule has 1 rings (SSSR count). The second-order valence-electron chi connectivity index (χ2n) is 2.06. The molecule has 1 aliphatic rings. The summed E-state index contributed by atoms with van der Waals surface area (Å²) in [5.41, 5.74) is 0. The quantitative estimate of drug-likeness (QED) is 0.578. The van der Waals surface area contributed by atoms with Crippen LogP contribution in [-0.4, -0.2) is 30.2 Å². The summed E-state index contributed by atoms with van der Waals surface area (Å²) in [6.07, 6.45) is 2.16. The van der Waals surface area contributed by atoms with Crippen molar-refractivity contribution in [2.24, 2.45) is 0 Å². The van der Waals surface area contributed by atoms with Crippen molar-refractivity contribution in [2.75, 3.05) is 20.1 Å². The molecule has 0 fully saturated rings. The molecule has 52 valence electrons.